The summed E-state index contributed by atoms with van der Waals surface area (Å²) in [5.41, 5.74) is 11.1. The SMILES string of the molecule is CC[C@@H](C)[C@]1(C)C2C(=O)CC[C@@]2(CC)[C@@H](C)[C@H](O)[C@@](C)(CN)C[C@H]1OC(=O)CSc1ccc(CC(=O)NCCCN)cc1. The molecule has 1 unspecified atom stereocenters. The predicted molar refractivity (Wildman–Crippen MR) is 172 cm³/mol. The summed E-state index contributed by atoms with van der Waals surface area (Å²) in [6, 6.07) is 7.62. The molecule has 9 heteroatoms. The molecule has 3 rings (SSSR count). The van der Waals surface area contributed by atoms with Crippen molar-refractivity contribution in [2.45, 2.75) is 104 Å². The number of ether oxygens (including phenoxy) is 1. The van der Waals surface area contributed by atoms with Gasteiger partial charge in [-0.05, 0) is 67.2 Å². The molecule has 0 radical (unpaired) electrons. The van der Waals surface area contributed by atoms with Gasteiger partial charge in [0.05, 0.1) is 18.3 Å². The number of esters is 1. The standard InChI is InChI=1S/C34H55N3O5S/c1-7-22(3)33(6)27(19-32(5,21-36)31(41)23(4)34(8-2)15-14-26(38)30(33)34)42-29(40)20-43-25-12-10-24(11-13-25)18-28(39)37-17-9-16-35/h10-13,22-23,27,30-31,41H,7-9,14-21,35-36H2,1-6H3,(H,37,39)/t22-,23+,27-,30?,31+,32-,33+,34+/m1/s1. The summed E-state index contributed by atoms with van der Waals surface area (Å²) in [5.74, 6) is -0.359. The average Bonchev–Trinajstić information content (AvgIpc) is 3.35. The summed E-state index contributed by atoms with van der Waals surface area (Å²) < 4.78 is 6.40. The minimum atomic E-state index is -0.718. The van der Waals surface area contributed by atoms with E-state index in [0.717, 1.165) is 36.1 Å². The van der Waals surface area contributed by atoms with E-state index in [1.54, 1.807) is 0 Å². The molecule has 2 aliphatic rings. The van der Waals surface area contributed by atoms with Gasteiger partial charge in [0, 0.05) is 41.2 Å². The van der Waals surface area contributed by atoms with Crippen LogP contribution < -0.4 is 16.8 Å². The van der Waals surface area contributed by atoms with Crippen molar-refractivity contribution >= 4 is 29.4 Å². The zero-order chi connectivity index (χ0) is 32.0. The minimum absolute atomic E-state index is 0.0437. The van der Waals surface area contributed by atoms with Gasteiger partial charge in [-0.1, -0.05) is 60.1 Å². The minimum Gasteiger partial charge on any atom is -0.461 e. The molecule has 2 saturated carbocycles. The fourth-order valence-corrected chi connectivity index (χ4v) is 8.70. The number of rotatable bonds is 13. The van der Waals surface area contributed by atoms with Crippen LogP contribution in [0.2, 0.25) is 0 Å². The van der Waals surface area contributed by atoms with Gasteiger partial charge in [-0.25, -0.2) is 0 Å². The molecular formula is C34H55N3O5S. The van der Waals surface area contributed by atoms with Crippen molar-refractivity contribution in [1.82, 2.24) is 5.32 Å². The van der Waals surface area contributed by atoms with Crippen LogP contribution in [0.5, 0.6) is 0 Å². The highest BCUT2D eigenvalue weighted by Crippen LogP contribution is 2.64. The summed E-state index contributed by atoms with van der Waals surface area (Å²) in [4.78, 5) is 40.3. The van der Waals surface area contributed by atoms with E-state index in [0.29, 0.717) is 25.9 Å². The van der Waals surface area contributed by atoms with E-state index >= 15 is 0 Å². The summed E-state index contributed by atoms with van der Waals surface area (Å²) in [5, 5.41) is 14.6. The Labute approximate surface area is 262 Å². The number of aliphatic hydroxyl groups excluding tert-OH is 1. The number of thioether (sulfide) groups is 1. The van der Waals surface area contributed by atoms with Gasteiger partial charge in [0.2, 0.25) is 5.91 Å². The topological polar surface area (TPSA) is 145 Å². The van der Waals surface area contributed by atoms with E-state index in [-0.39, 0.29) is 59.5 Å². The third-order valence-corrected chi connectivity index (χ3v) is 12.2. The zero-order valence-corrected chi connectivity index (χ0v) is 27.9. The van der Waals surface area contributed by atoms with Crippen molar-refractivity contribution in [3.05, 3.63) is 29.8 Å². The molecule has 1 amide bonds. The lowest BCUT2D eigenvalue weighted by Crippen LogP contribution is -2.62. The van der Waals surface area contributed by atoms with E-state index in [1.807, 2.05) is 31.2 Å². The Balaban J connectivity index is 1.83. The van der Waals surface area contributed by atoms with Gasteiger partial charge in [-0.15, -0.1) is 11.8 Å². The van der Waals surface area contributed by atoms with Crippen molar-refractivity contribution in [3.63, 3.8) is 0 Å². The second-order valence-corrected chi connectivity index (χ2v) is 14.6. The van der Waals surface area contributed by atoms with Gasteiger partial charge in [0.15, 0.2) is 0 Å². The van der Waals surface area contributed by atoms with Gasteiger partial charge in [0.1, 0.15) is 11.9 Å². The number of carbonyl (C=O) groups is 3. The molecule has 0 saturated heterocycles. The van der Waals surface area contributed by atoms with Crippen LogP contribution in [0.15, 0.2) is 29.2 Å². The largest absolute Gasteiger partial charge is 0.461 e. The van der Waals surface area contributed by atoms with Gasteiger partial charge in [-0.2, -0.15) is 0 Å². The quantitative estimate of drug-likeness (QED) is 0.144. The number of ketones is 1. The number of amides is 1. The van der Waals surface area contributed by atoms with Gasteiger partial charge < -0.3 is 26.6 Å². The van der Waals surface area contributed by atoms with Crippen LogP contribution in [0, 0.1) is 34.0 Å². The number of nitrogens with one attached hydrogen (secondary N) is 1. The lowest BCUT2D eigenvalue weighted by Gasteiger charge is -2.58. The van der Waals surface area contributed by atoms with E-state index in [2.05, 4.69) is 39.9 Å². The molecule has 0 aromatic heterocycles. The molecule has 8 nitrogen and oxygen atoms in total. The first-order valence-corrected chi connectivity index (χ1v) is 17.1. The van der Waals surface area contributed by atoms with E-state index in [4.69, 9.17) is 16.2 Å². The zero-order valence-electron chi connectivity index (χ0n) is 27.1. The molecular weight excluding hydrogens is 562 g/mol. The van der Waals surface area contributed by atoms with Gasteiger partial charge >= 0.3 is 5.97 Å². The number of carbonyl (C=O) groups excluding carboxylic acids is 3. The molecule has 1 aromatic carbocycles. The van der Waals surface area contributed by atoms with Crippen LogP contribution in [0.25, 0.3) is 0 Å². The van der Waals surface area contributed by atoms with Crippen molar-refractivity contribution in [3.8, 4) is 0 Å². The summed E-state index contributed by atoms with van der Waals surface area (Å²) in [6.07, 6.45) is 2.99. The van der Waals surface area contributed by atoms with Gasteiger partial charge in [0.25, 0.3) is 0 Å². The Hall–Kier alpha value is -1.94. The summed E-state index contributed by atoms with van der Waals surface area (Å²) in [6.45, 7) is 14.0. The van der Waals surface area contributed by atoms with Gasteiger partial charge in [-0.3, -0.25) is 14.4 Å². The molecule has 0 aliphatic heterocycles. The van der Waals surface area contributed by atoms with E-state index in [1.165, 1.54) is 11.8 Å². The van der Waals surface area contributed by atoms with E-state index < -0.39 is 23.0 Å². The highest BCUT2D eigenvalue weighted by Gasteiger charge is 2.65. The third kappa shape index (κ3) is 7.32. The Morgan fingerprint density at radius 3 is 2.44 bits per heavy atom. The molecule has 1 aromatic rings. The Kier molecular flexibility index (Phi) is 12.3. The first-order chi connectivity index (χ1) is 20.3. The summed E-state index contributed by atoms with van der Waals surface area (Å²) >= 11 is 1.39. The van der Waals surface area contributed by atoms with Crippen molar-refractivity contribution < 1.29 is 24.2 Å². The Morgan fingerprint density at radius 1 is 1.19 bits per heavy atom. The second-order valence-electron chi connectivity index (χ2n) is 13.5. The Bertz CT molecular complexity index is 1120. The van der Waals surface area contributed by atoms with E-state index in [9.17, 15) is 19.5 Å². The lowest BCUT2D eigenvalue weighted by molar-refractivity contribution is -0.195. The molecule has 0 spiro atoms. The smallest absolute Gasteiger partial charge is 0.316 e. The highest BCUT2D eigenvalue weighted by atomic mass is 32.2. The van der Waals surface area contributed by atoms with Crippen molar-refractivity contribution in [1.29, 1.82) is 0 Å². The van der Waals surface area contributed by atoms with Crippen molar-refractivity contribution in [2.75, 3.05) is 25.4 Å². The number of benzene rings is 1. The highest BCUT2D eigenvalue weighted by molar-refractivity contribution is 8.00. The molecule has 8 atom stereocenters. The first kappa shape index (κ1) is 35.5. The lowest BCUT2D eigenvalue weighted by atomic mass is 9.47. The monoisotopic (exact) mass is 617 g/mol. The normalized spacial score (nSPS) is 33.3. The number of aliphatic hydroxyl groups is 1. The Morgan fingerprint density at radius 2 is 1.86 bits per heavy atom. The van der Waals surface area contributed by atoms with Crippen LogP contribution in [-0.2, 0) is 25.5 Å². The predicted octanol–water partition coefficient (Wildman–Crippen LogP) is 4.49. The van der Waals surface area contributed by atoms with Crippen LogP contribution >= 0.6 is 11.8 Å². The van der Waals surface area contributed by atoms with Crippen LogP contribution in [0.3, 0.4) is 0 Å². The number of nitrogens with two attached hydrogens (primary N) is 2. The van der Waals surface area contributed by atoms with Crippen LogP contribution in [0.4, 0.5) is 0 Å². The molecule has 2 aliphatic carbocycles. The third-order valence-electron chi connectivity index (χ3n) is 11.2. The average molecular weight is 618 g/mol. The molecule has 6 N–H and O–H groups in total. The second kappa shape index (κ2) is 14.9. The molecule has 0 heterocycles. The number of fused-ring (bicyclic) bond motifs is 1. The molecule has 2 fully saturated rings. The molecule has 43 heavy (non-hydrogen) atoms. The van der Waals surface area contributed by atoms with Crippen LogP contribution in [0.1, 0.15) is 85.6 Å². The van der Waals surface area contributed by atoms with Crippen molar-refractivity contribution in [2.24, 2.45) is 45.5 Å². The molecule has 0 bridgehead atoms. The maximum Gasteiger partial charge on any atom is 0.316 e. The maximum atomic E-state index is 13.8. The fraction of sp³-hybridized carbons (Fsp3) is 0.735. The number of hydrogen-bond donors (Lipinski definition) is 4. The maximum absolute atomic E-state index is 13.8. The van der Waals surface area contributed by atoms with Crippen LogP contribution in [-0.4, -0.2) is 60.4 Å². The number of hydrogen-bond acceptors (Lipinski definition) is 8. The summed E-state index contributed by atoms with van der Waals surface area (Å²) in [7, 11) is 0. The first-order valence-electron chi connectivity index (χ1n) is 16.1. The molecule has 242 valence electrons. The fourth-order valence-electron chi connectivity index (χ4n) is 8.02. The number of Topliss-reactive ketones (excluding diaryl/α,β-unsaturated/α-hetero) is 1.